The van der Waals surface area contributed by atoms with Gasteiger partial charge in [0.1, 0.15) is 5.60 Å². The van der Waals surface area contributed by atoms with Crippen molar-refractivity contribution < 1.29 is 9.90 Å². The lowest BCUT2D eigenvalue weighted by molar-refractivity contribution is -0.124. The Bertz CT molecular complexity index is 710. The summed E-state index contributed by atoms with van der Waals surface area (Å²) < 4.78 is 1.62. The average Bonchev–Trinajstić information content (AvgIpc) is 2.93. The first-order chi connectivity index (χ1) is 11.2. The Morgan fingerprint density at radius 3 is 2.71 bits per heavy atom. The number of aromatic nitrogens is 2. The number of rotatable bonds is 6. The quantitative estimate of drug-likeness (QED) is 0.842. The standard InChI is InChI=1S/C18H24ClN3O2/c1-12(2)16(13-6-5-7-15(19)8-13)17(23)20-11-18(3,24)14-9-21-22(4)10-14/h5-10,12,16,24H,11H2,1-4H3,(H,20,23)/t16-,18-/m0/s1. The summed E-state index contributed by atoms with van der Waals surface area (Å²) in [7, 11) is 1.78. The van der Waals surface area contributed by atoms with Crippen LogP contribution in [0, 0.1) is 5.92 Å². The van der Waals surface area contributed by atoms with Crippen LogP contribution in [0.5, 0.6) is 0 Å². The fraction of sp³-hybridized carbons (Fsp3) is 0.444. The highest BCUT2D eigenvalue weighted by Crippen LogP contribution is 2.27. The zero-order valence-electron chi connectivity index (χ0n) is 14.5. The van der Waals surface area contributed by atoms with Crippen LogP contribution >= 0.6 is 11.6 Å². The highest BCUT2D eigenvalue weighted by Gasteiger charge is 2.29. The van der Waals surface area contributed by atoms with Gasteiger partial charge in [0.05, 0.1) is 18.7 Å². The Morgan fingerprint density at radius 1 is 1.46 bits per heavy atom. The maximum atomic E-state index is 12.7. The van der Waals surface area contributed by atoms with E-state index in [9.17, 15) is 9.90 Å². The van der Waals surface area contributed by atoms with Crippen LogP contribution in [0.4, 0.5) is 0 Å². The SMILES string of the molecule is CC(C)[C@H](C(=O)NC[C@](C)(O)c1cnn(C)c1)c1cccc(Cl)c1. The second-order valence-corrected chi connectivity index (χ2v) is 7.11. The van der Waals surface area contributed by atoms with Crippen molar-refractivity contribution in [2.75, 3.05) is 6.54 Å². The first-order valence-corrected chi connectivity index (χ1v) is 8.33. The molecule has 6 heteroatoms. The van der Waals surface area contributed by atoms with Gasteiger partial charge in [-0.05, 0) is 30.5 Å². The Hall–Kier alpha value is -1.85. The van der Waals surface area contributed by atoms with Gasteiger partial charge < -0.3 is 10.4 Å². The molecule has 0 saturated carbocycles. The highest BCUT2D eigenvalue weighted by molar-refractivity contribution is 6.30. The Kier molecular flexibility index (Phi) is 5.67. The summed E-state index contributed by atoms with van der Waals surface area (Å²) >= 11 is 6.05. The van der Waals surface area contributed by atoms with Crippen molar-refractivity contribution in [3.8, 4) is 0 Å². The van der Waals surface area contributed by atoms with Gasteiger partial charge in [0.15, 0.2) is 0 Å². The van der Waals surface area contributed by atoms with Gasteiger partial charge in [-0.25, -0.2) is 0 Å². The topological polar surface area (TPSA) is 67.2 Å². The Labute approximate surface area is 147 Å². The fourth-order valence-electron chi connectivity index (χ4n) is 2.71. The van der Waals surface area contributed by atoms with E-state index in [0.717, 1.165) is 5.56 Å². The number of carbonyl (C=O) groups excluding carboxylic acids is 1. The predicted octanol–water partition coefficient (Wildman–Crippen LogP) is 2.84. The lowest BCUT2D eigenvalue weighted by Gasteiger charge is -2.26. The van der Waals surface area contributed by atoms with Crippen LogP contribution in [-0.2, 0) is 17.4 Å². The van der Waals surface area contributed by atoms with Crippen LogP contribution in [0.15, 0.2) is 36.7 Å². The van der Waals surface area contributed by atoms with Crippen molar-refractivity contribution in [2.24, 2.45) is 13.0 Å². The van der Waals surface area contributed by atoms with Crippen molar-refractivity contribution in [1.29, 1.82) is 0 Å². The number of nitrogens with one attached hydrogen (secondary N) is 1. The molecule has 1 amide bonds. The number of benzene rings is 1. The summed E-state index contributed by atoms with van der Waals surface area (Å²) in [6.45, 7) is 5.75. The molecule has 1 aromatic carbocycles. The third-order valence-corrected chi connectivity index (χ3v) is 4.33. The number of hydrogen-bond acceptors (Lipinski definition) is 3. The van der Waals surface area contributed by atoms with E-state index in [2.05, 4.69) is 10.4 Å². The highest BCUT2D eigenvalue weighted by atomic mass is 35.5. The largest absolute Gasteiger partial charge is 0.383 e. The molecule has 1 heterocycles. The van der Waals surface area contributed by atoms with Gasteiger partial charge in [-0.15, -0.1) is 0 Å². The first-order valence-electron chi connectivity index (χ1n) is 7.95. The summed E-state index contributed by atoms with van der Waals surface area (Å²) in [5.74, 6) is -0.350. The molecule has 0 aliphatic rings. The van der Waals surface area contributed by atoms with Crippen LogP contribution in [0.2, 0.25) is 5.02 Å². The molecule has 0 saturated heterocycles. The van der Waals surface area contributed by atoms with Crippen LogP contribution in [0.1, 0.15) is 37.8 Å². The van der Waals surface area contributed by atoms with Crippen LogP contribution in [0.25, 0.3) is 0 Å². The van der Waals surface area contributed by atoms with Gasteiger partial charge in [0, 0.05) is 23.8 Å². The van der Waals surface area contributed by atoms with E-state index in [1.54, 1.807) is 37.1 Å². The molecule has 5 nitrogen and oxygen atoms in total. The van der Waals surface area contributed by atoms with Crippen LogP contribution in [-0.4, -0.2) is 27.3 Å². The summed E-state index contributed by atoms with van der Waals surface area (Å²) in [5, 5.41) is 18.1. The summed E-state index contributed by atoms with van der Waals surface area (Å²) in [4.78, 5) is 12.7. The molecule has 0 aliphatic heterocycles. The monoisotopic (exact) mass is 349 g/mol. The minimum Gasteiger partial charge on any atom is -0.383 e. The molecule has 0 radical (unpaired) electrons. The van der Waals surface area contributed by atoms with E-state index < -0.39 is 5.60 Å². The zero-order valence-corrected chi connectivity index (χ0v) is 15.2. The average molecular weight is 350 g/mol. The van der Waals surface area contributed by atoms with Crippen molar-refractivity contribution >= 4 is 17.5 Å². The van der Waals surface area contributed by atoms with E-state index >= 15 is 0 Å². The van der Waals surface area contributed by atoms with Gasteiger partial charge in [-0.1, -0.05) is 37.6 Å². The lowest BCUT2D eigenvalue weighted by Crippen LogP contribution is -2.41. The minimum atomic E-state index is -1.18. The third-order valence-electron chi connectivity index (χ3n) is 4.09. The van der Waals surface area contributed by atoms with Gasteiger partial charge in [-0.3, -0.25) is 9.48 Å². The maximum absolute atomic E-state index is 12.7. The minimum absolute atomic E-state index is 0.104. The predicted molar refractivity (Wildman–Crippen MR) is 94.8 cm³/mol. The molecule has 0 unspecified atom stereocenters. The molecular formula is C18H24ClN3O2. The second kappa shape index (κ2) is 7.36. The fourth-order valence-corrected chi connectivity index (χ4v) is 2.91. The van der Waals surface area contributed by atoms with E-state index in [0.29, 0.717) is 10.6 Å². The molecule has 2 aromatic rings. The van der Waals surface area contributed by atoms with Crippen molar-refractivity contribution in [3.63, 3.8) is 0 Å². The normalized spacial score (nSPS) is 15.1. The molecule has 0 aliphatic carbocycles. The maximum Gasteiger partial charge on any atom is 0.227 e. The smallest absolute Gasteiger partial charge is 0.227 e. The molecular weight excluding hydrogens is 326 g/mol. The zero-order chi connectivity index (χ0) is 17.9. The van der Waals surface area contributed by atoms with Crippen molar-refractivity contribution in [1.82, 2.24) is 15.1 Å². The third kappa shape index (κ3) is 4.36. The van der Waals surface area contributed by atoms with Gasteiger partial charge in [0.25, 0.3) is 0 Å². The summed E-state index contributed by atoms with van der Waals surface area (Å²) in [6.07, 6.45) is 3.34. The van der Waals surface area contributed by atoms with Crippen molar-refractivity contribution in [3.05, 3.63) is 52.8 Å². The van der Waals surface area contributed by atoms with E-state index in [4.69, 9.17) is 11.6 Å². The molecule has 24 heavy (non-hydrogen) atoms. The second-order valence-electron chi connectivity index (χ2n) is 6.67. The van der Waals surface area contributed by atoms with Crippen LogP contribution < -0.4 is 5.32 Å². The molecule has 2 atom stereocenters. The number of aliphatic hydroxyl groups is 1. The number of amides is 1. The lowest BCUT2D eigenvalue weighted by atomic mass is 9.87. The molecule has 2 rings (SSSR count). The van der Waals surface area contributed by atoms with Crippen molar-refractivity contribution in [2.45, 2.75) is 32.3 Å². The Balaban J connectivity index is 2.11. The summed E-state index contributed by atoms with van der Waals surface area (Å²) in [6, 6.07) is 7.33. The number of nitrogens with zero attached hydrogens (tertiary/aromatic N) is 2. The first kappa shape index (κ1) is 18.5. The van der Waals surface area contributed by atoms with E-state index in [1.807, 2.05) is 32.0 Å². The van der Waals surface area contributed by atoms with E-state index in [1.165, 1.54) is 0 Å². The Morgan fingerprint density at radius 2 is 2.17 bits per heavy atom. The number of halogens is 1. The summed E-state index contributed by atoms with van der Waals surface area (Å²) in [5.41, 5.74) is 0.352. The number of aryl methyl sites for hydroxylation is 1. The molecule has 1 aromatic heterocycles. The van der Waals surface area contributed by atoms with Gasteiger partial charge >= 0.3 is 0 Å². The molecule has 0 fully saturated rings. The molecule has 0 spiro atoms. The molecule has 0 bridgehead atoms. The number of carbonyl (C=O) groups is 1. The van der Waals surface area contributed by atoms with Gasteiger partial charge in [-0.2, -0.15) is 5.10 Å². The van der Waals surface area contributed by atoms with Crippen LogP contribution in [0.3, 0.4) is 0 Å². The van der Waals surface area contributed by atoms with E-state index in [-0.39, 0.29) is 24.3 Å². The molecule has 130 valence electrons. The molecule has 2 N–H and O–H groups in total. The van der Waals surface area contributed by atoms with Gasteiger partial charge in [0.2, 0.25) is 5.91 Å². The number of hydrogen-bond donors (Lipinski definition) is 2.